The molecule has 3 heteroatoms. The highest BCUT2D eigenvalue weighted by molar-refractivity contribution is 5.65. The van der Waals surface area contributed by atoms with E-state index < -0.39 is 11.6 Å². The van der Waals surface area contributed by atoms with Gasteiger partial charge in [0, 0.05) is 17.7 Å². The third-order valence-electron chi connectivity index (χ3n) is 3.07. The SMILES string of the molecule is Cc1cc(-c2ccc(CC(C)N)cc2)c(F)cc1F. The number of aryl methyl sites for hydroxylation is 1. The fourth-order valence-electron chi connectivity index (χ4n) is 2.07. The second-order valence-corrected chi connectivity index (χ2v) is 4.96. The van der Waals surface area contributed by atoms with E-state index in [0.717, 1.165) is 23.6 Å². The summed E-state index contributed by atoms with van der Waals surface area (Å²) in [5.41, 5.74) is 8.45. The van der Waals surface area contributed by atoms with Gasteiger partial charge in [0.1, 0.15) is 11.6 Å². The first kappa shape index (κ1) is 13.7. The van der Waals surface area contributed by atoms with Crippen LogP contribution in [0.25, 0.3) is 11.1 Å². The molecule has 0 aliphatic rings. The molecule has 0 amide bonds. The van der Waals surface area contributed by atoms with E-state index in [1.165, 1.54) is 6.07 Å². The summed E-state index contributed by atoms with van der Waals surface area (Å²) in [7, 11) is 0. The van der Waals surface area contributed by atoms with E-state index in [9.17, 15) is 8.78 Å². The number of hydrogen-bond donors (Lipinski definition) is 1. The van der Waals surface area contributed by atoms with Crippen LogP contribution >= 0.6 is 0 Å². The molecule has 2 aromatic rings. The molecule has 0 aliphatic heterocycles. The van der Waals surface area contributed by atoms with Crippen molar-refractivity contribution in [3.8, 4) is 11.1 Å². The third-order valence-corrected chi connectivity index (χ3v) is 3.07. The molecule has 0 radical (unpaired) electrons. The van der Waals surface area contributed by atoms with Crippen LogP contribution in [0, 0.1) is 18.6 Å². The van der Waals surface area contributed by atoms with Crippen LogP contribution in [0.3, 0.4) is 0 Å². The van der Waals surface area contributed by atoms with Crippen molar-refractivity contribution in [1.82, 2.24) is 0 Å². The predicted octanol–water partition coefficient (Wildman–Crippen LogP) is 3.83. The summed E-state index contributed by atoms with van der Waals surface area (Å²) in [6.07, 6.45) is 0.783. The fourth-order valence-corrected chi connectivity index (χ4v) is 2.07. The van der Waals surface area contributed by atoms with Gasteiger partial charge in [0.25, 0.3) is 0 Å². The molecule has 0 aliphatic carbocycles. The van der Waals surface area contributed by atoms with Gasteiger partial charge < -0.3 is 5.73 Å². The minimum absolute atomic E-state index is 0.0932. The number of hydrogen-bond acceptors (Lipinski definition) is 1. The van der Waals surface area contributed by atoms with Crippen molar-refractivity contribution < 1.29 is 8.78 Å². The zero-order valence-electron chi connectivity index (χ0n) is 11.1. The van der Waals surface area contributed by atoms with E-state index in [0.29, 0.717) is 11.1 Å². The minimum atomic E-state index is -0.539. The van der Waals surface area contributed by atoms with Gasteiger partial charge in [-0.05, 0) is 43.0 Å². The maximum absolute atomic E-state index is 13.8. The smallest absolute Gasteiger partial charge is 0.133 e. The quantitative estimate of drug-likeness (QED) is 0.892. The van der Waals surface area contributed by atoms with E-state index in [1.807, 2.05) is 31.2 Å². The molecule has 2 rings (SSSR count). The molecule has 0 saturated carbocycles. The van der Waals surface area contributed by atoms with Crippen LogP contribution in [0.2, 0.25) is 0 Å². The Kier molecular flexibility index (Phi) is 3.96. The second-order valence-electron chi connectivity index (χ2n) is 4.96. The monoisotopic (exact) mass is 261 g/mol. The summed E-state index contributed by atoms with van der Waals surface area (Å²) in [6, 6.07) is 10.1. The van der Waals surface area contributed by atoms with Gasteiger partial charge >= 0.3 is 0 Å². The Morgan fingerprint density at radius 3 is 2.26 bits per heavy atom. The van der Waals surface area contributed by atoms with Gasteiger partial charge in [-0.1, -0.05) is 24.3 Å². The summed E-state index contributed by atoms with van der Waals surface area (Å²) in [5, 5.41) is 0. The van der Waals surface area contributed by atoms with Crippen LogP contribution in [0.15, 0.2) is 36.4 Å². The number of nitrogens with two attached hydrogens (primary N) is 1. The molecule has 2 N–H and O–H groups in total. The van der Waals surface area contributed by atoms with Crippen molar-refractivity contribution in [3.05, 3.63) is 59.2 Å². The van der Waals surface area contributed by atoms with Crippen LogP contribution in [0.4, 0.5) is 8.78 Å². The Morgan fingerprint density at radius 1 is 1.05 bits per heavy atom. The highest BCUT2D eigenvalue weighted by Crippen LogP contribution is 2.26. The Hall–Kier alpha value is -1.74. The van der Waals surface area contributed by atoms with Crippen LogP contribution in [-0.4, -0.2) is 6.04 Å². The summed E-state index contributed by atoms with van der Waals surface area (Å²) in [6.45, 7) is 3.57. The van der Waals surface area contributed by atoms with Crippen LogP contribution in [0.5, 0.6) is 0 Å². The van der Waals surface area contributed by atoms with Gasteiger partial charge in [-0.15, -0.1) is 0 Å². The molecule has 1 atom stereocenters. The Balaban J connectivity index is 2.34. The van der Waals surface area contributed by atoms with Crippen LogP contribution in [0.1, 0.15) is 18.1 Å². The molecule has 0 aromatic heterocycles. The second kappa shape index (κ2) is 5.49. The van der Waals surface area contributed by atoms with Gasteiger partial charge in [-0.25, -0.2) is 8.78 Å². The molecule has 0 fully saturated rings. The first-order valence-electron chi connectivity index (χ1n) is 6.28. The van der Waals surface area contributed by atoms with E-state index in [-0.39, 0.29) is 6.04 Å². The van der Waals surface area contributed by atoms with Crippen molar-refractivity contribution >= 4 is 0 Å². The van der Waals surface area contributed by atoms with Crippen LogP contribution < -0.4 is 5.73 Å². The van der Waals surface area contributed by atoms with E-state index >= 15 is 0 Å². The van der Waals surface area contributed by atoms with Gasteiger partial charge in [0.15, 0.2) is 0 Å². The molecule has 0 heterocycles. The molecule has 2 aromatic carbocycles. The minimum Gasteiger partial charge on any atom is -0.328 e. The molecule has 0 spiro atoms. The zero-order chi connectivity index (χ0) is 14.0. The van der Waals surface area contributed by atoms with E-state index in [1.54, 1.807) is 6.92 Å². The maximum Gasteiger partial charge on any atom is 0.133 e. The van der Waals surface area contributed by atoms with Gasteiger partial charge in [-0.3, -0.25) is 0 Å². The average Bonchev–Trinajstić information content (AvgIpc) is 2.34. The van der Waals surface area contributed by atoms with E-state index in [4.69, 9.17) is 5.73 Å². The Morgan fingerprint density at radius 2 is 1.68 bits per heavy atom. The van der Waals surface area contributed by atoms with Gasteiger partial charge in [0.05, 0.1) is 0 Å². The maximum atomic E-state index is 13.8. The largest absolute Gasteiger partial charge is 0.328 e. The average molecular weight is 261 g/mol. The van der Waals surface area contributed by atoms with Crippen molar-refractivity contribution in [2.75, 3.05) is 0 Å². The fraction of sp³-hybridized carbons (Fsp3) is 0.250. The van der Waals surface area contributed by atoms with E-state index in [2.05, 4.69) is 0 Å². The molecular formula is C16H17F2N. The molecular weight excluding hydrogens is 244 g/mol. The lowest BCUT2D eigenvalue weighted by atomic mass is 9.99. The first-order chi connectivity index (χ1) is 8.97. The number of rotatable bonds is 3. The van der Waals surface area contributed by atoms with Crippen molar-refractivity contribution in [2.24, 2.45) is 5.73 Å². The van der Waals surface area contributed by atoms with Gasteiger partial charge in [0.2, 0.25) is 0 Å². The zero-order valence-corrected chi connectivity index (χ0v) is 11.1. The predicted molar refractivity (Wildman–Crippen MR) is 73.9 cm³/mol. The molecule has 1 unspecified atom stereocenters. The molecule has 19 heavy (non-hydrogen) atoms. The standard InChI is InChI=1S/C16H17F2N/c1-10-7-14(16(18)9-15(10)17)13-5-3-12(4-6-13)8-11(2)19/h3-7,9,11H,8,19H2,1-2H3. The lowest BCUT2D eigenvalue weighted by molar-refractivity contribution is 0.579. The van der Waals surface area contributed by atoms with Crippen molar-refractivity contribution in [1.29, 1.82) is 0 Å². The molecule has 100 valence electrons. The molecule has 1 nitrogen and oxygen atoms in total. The summed E-state index contributed by atoms with van der Waals surface area (Å²) in [4.78, 5) is 0. The topological polar surface area (TPSA) is 26.0 Å². The van der Waals surface area contributed by atoms with Crippen molar-refractivity contribution in [2.45, 2.75) is 26.3 Å². The number of halogens is 2. The summed E-state index contributed by atoms with van der Waals surface area (Å²) in [5.74, 6) is -1.06. The van der Waals surface area contributed by atoms with Crippen LogP contribution in [-0.2, 0) is 6.42 Å². The highest BCUT2D eigenvalue weighted by atomic mass is 19.1. The molecule has 0 bridgehead atoms. The van der Waals surface area contributed by atoms with Gasteiger partial charge in [-0.2, -0.15) is 0 Å². The highest BCUT2D eigenvalue weighted by Gasteiger charge is 2.09. The Labute approximate surface area is 112 Å². The lowest BCUT2D eigenvalue weighted by Crippen LogP contribution is -2.17. The first-order valence-corrected chi connectivity index (χ1v) is 6.28. The van der Waals surface area contributed by atoms with Crippen molar-refractivity contribution in [3.63, 3.8) is 0 Å². The Bertz CT molecular complexity index is 574. The normalized spacial score (nSPS) is 12.5. The third kappa shape index (κ3) is 3.18. The number of benzene rings is 2. The summed E-state index contributed by atoms with van der Waals surface area (Å²) >= 11 is 0. The summed E-state index contributed by atoms with van der Waals surface area (Å²) < 4.78 is 27.0. The molecule has 0 saturated heterocycles. The lowest BCUT2D eigenvalue weighted by Gasteiger charge is -2.09.